The van der Waals surface area contributed by atoms with E-state index in [0.717, 1.165) is 23.3 Å². The van der Waals surface area contributed by atoms with Crippen molar-refractivity contribution in [1.82, 2.24) is 14.6 Å². The molecule has 1 aromatic carbocycles. The summed E-state index contributed by atoms with van der Waals surface area (Å²) in [6.45, 7) is 2.07. The van der Waals surface area contributed by atoms with Crippen LogP contribution in [-0.4, -0.2) is 20.6 Å². The summed E-state index contributed by atoms with van der Waals surface area (Å²) in [5.74, 6) is 0.597. The van der Waals surface area contributed by atoms with Gasteiger partial charge >= 0.3 is 0 Å². The van der Waals surface area contributed by atoms with Gasteiger partial charge in [-0.05, 0) is 37.1 Å². The maximum Gasteiger partial charge on any atom is 0.152 e. The lowest BCUT2D eigenvalue weighted by Gasteiger charge is -2.15. The van der Waals surface area contributed by atoms with E-state index in [1.165, 1.54) is 12.1 Å². The smallest absolute Gasteiger partial charge is 0.152 e. The summed E-state index contributed by atoms with van der Waals surface area (Å²) in [6.07, 6.45) is 6.07. The third-order valence-electron chi connectivity index (χ3n) is 3.16. The third-order valence-corrected chi connectivity index (χ3v) is 3.16. The number of nitrogens with one attached hydrogen (secondary N) is 1. The van der Waals surface area contributed by atoms with Crippen LogP contribution in [0.5, 0.6) is 0 Å². The summed E-state index contributed by atoms with van der Waals surface area (Å²) in [7, 11) is 0. The number of anilines is 1. The van der Waals surface area contributed by atoms with Crippen LogP contribution >= 0.6 is 0 Å². The van der Waals surface area contributed by atoms with Crippen molar-refractivity contribution in [3.8, 4) is 0 Å². The average Bonchev–Trinajstić information content (AvgIpc) is 2.91. The average molecular weight is 270 g/mol. The number of halogens is 1. The summed E-state index contributed by atoms with van der Waals surface area (Å²) in [4.78, 5) is 4.34. The molecule has 20 heavy (non-hydrogen) atoms. The molecule has 5 heteroatoms. The Balaban J connectivity index is 1.74. The van der Waals surface area contributed by atoms with Crippen LogP contribution in [0.3, 0.4) is 0 Å². The molecule has 1 atom stereocenters. The quantitative estimate of drug-likeness (QED) is 0.792. The maximum atomic E-state index is 12.9. The first-order chi connectivity index (χ1) is 9.72. The Labute approximate surface area is 116 Å². The SMILES string of the molecule is CC(Cc1ccc(F)cc1)Nc1nccn2nccc12. The van der Waals surface area contributed by atoms with Gasteiger partial charge in [-0.15, -0.1) is 0 Å². The number of aromatic nitrogens is 3. The van der Waals surface area contributed by atoms with E-state index in [9.17, 15) is 4.39 Å². The van der Waals surface area contributed by atoms with Crippen molar-refractivity contribution in [3.05, 3.63) is 60.3 Å². The lowest BCUT2D eigenvalue weighted by molar-refractivity contribution is 0.626. The summed E-state index contributed by atoms with van der Waals surface area (Å²) < 4.78 is 14.7. The molecule has 0 aliphatic carbocycles. The van der Waals surface area contributed by atoms with E-state index in [4.69, 9.17) is 0 Å². The Morgan fingerprint density at radius 1 is 1.20 bits per heavy atom. The molecule has 0 radical (unpaired) electrons. The molecule has 0 saturated carbocycles. The summed E-state index contributed by atoms with van der Waals surface area (Å²) >= 11 is 0. The highest BCUT2D eigenvalue weighted by molar-refractivity contribution is 5.67. The van der Waals surface area contributed by atoms with Gasteiger partial charge in [0.2, 0.25) is 0 Å². The number of benzene rings is 1. The topological polar surface area (TPSA) is 42.2 Å². The van der Waals surface area contributed by atoms with Gasteiger partial charge in [-0.1, -0.05) is 12.1 Å². The van der Waals surface area contributed by atoms with Crippen LogP contribution in [0.1, 0.15) is 12.5 Å². The molecule has 3 aromatic rings. The fourth-order valence-electron chi connectivity index (χ4n) is 2.23. The zero-order valence-corrected chi connectivity index (χ0v) is 11.1. The first-order valence-electron chi connectivity index (χ1n) is 6.52. The number of hydrogen-bond donors (Lipinski definition) is 1. The van der Waals surface area contributed by atoms with Gasteiger partial charge in [-0.3, -0.25) is 0 Å². The largest absolute Gasteiger partial charge is 0.365 e. The van der Waals surface area contributed by atoms with E-state index in [1.54, 1.807) is 29.0 Å². The molecule has 3 rings (SSSR count). The van der Waals surface area contributed by atoms with E-state index >= 15 is 0 Å². The predicted octanol–water partition coefficient (Wildman–Crippen LogP) is 2.91. The molecule has 0 bridgehead atoms. The lowest BCUT2D eigenvalue weighted by Crippen LogP contribution is -2.19. The fourth-order valence-corrected chi connectivity index (χ4v) is 2.23. The Hall–Kier alpha value is -2.43. The molecule has 0 amide bonds. The van der Waals surface area contributed by atoms with Gasteiger partial charge in [0.05, 0.1) is 6.20 Å². The summed E-state index contributed by atoms with van der Waals surface area (Å²) in [5, 5.41) is 7.54. The van der Waals surface area contributed by atoms with Crippen molar-refractivity contribution in [2.45, 2.75) is 19.4 Å². The number of fused-ring (bicyclic) bond motifs is 1. The molecule has 4 nitrogen and oxygen atoms in total. The van der Waals surface area contributed by atoms with Crippen molar-refractivity contribution in [1.29, 1.82) is 0 Å². The highest BCUT2D eigenvalue weighted by Gasteiger charge is 2.08. The number of rotatable bonds is 4. The zero-order chi connectivity index (χ0) is 13.9. The highest BCUT2D eigenvalue weighted by atomic mass is 19.1. The highest BCUT2D eigenvalue weighted by Crippen LogP contribution is 2.15. The first-order valence-corrected chi connectivity index (χ1v) is 6.52. The predicted molar refractivity (Wildman–Crippen MR) is 76.2 cm³/mol. The molecular formula is C15H15FN4. The van der Waals surface area contributed by atoms with Crippen molar-refractivity contribution >= 4 is 11.3 Å². The Bertz CT molecular complexity index is 705. The molecule has 1 N–H and O–H groups in total. The van der Waals surface area contributed by atoms with Gasteiger partial charge in [0.15, 0.2) is 5.82 Å². The van der Waals surface area contributed by atoms with Gasteiger partial charge in [0, 0.05) is 18.4 Å². The Morgan fingerprint density at radius 3 is 2.80 bits per heavy atom. The van der Waals surface area contributed by atoms with Crippen LogP contribution in [0.4, 0.5) is 10.2 Å². The number of hydrogen-bond acceptors (Lipinski definition) is 3. The van der Waals surface area contributed by atoms with Crippen LogP contribution in [-0.2, 0) is 6.42 Å². The van der Waals surface area contributed by atoms with Crippen LogP contribution in [0.25, 0.3) is 5.52 Å². The van der Waals surface area contributed by atoms with Gasteiger partial charge in [-0.2, -0.15) is 5.10 Å². The minimum atomic E-state index is -0.208. The van der Waals surface area contributed by atoms with Crippen LogP contribution in [0, 0.1) is 5.82 Å². The second-order valence-corrected chi connectivity index (χ2v) is 4.81. The summed E-state index contributed by atoms with van der Waals surface area (Å²) in [6, 6.07) is 8.69. The standard InChI is InChI=1S/C15H15FN4/c1-11(10-12-2-4-13(16)5-3-12)19-15-14-6-7-18-20(14)9-8-17-15/h2-9,11H,10H2,1H3,(H,17,19). The van der Waals surface area contributed by atoms with E-state index in [2.05, 4.69) is 22.3 Å². The molecule has 2 heterocycles. The van der Waals surface area contributed by atoms with Gasteiger partial charge in [0.1, 0.15) is 11.3 Å². The fraction of sp³-hybridized carbons (Fsp3) is 0.200. The molecule has 0 aliphatic rings. The van der Waals surface area contributed by atoms with Gasteiger partial charge in [0.25, 0.3) is 0 Å². The Morgan fingerprint density at radius 2 is 2.00 bits per heavy atom. The van der Waals surface area contributed by atoms with E-state index < -0.39 is 0 Å². The molecule has 0 saturated heterocycles. The minimum Gasteiger partial charge on any atom is -0.365 e. The van der Waals surface area contributed by atoms with Crippen LogP contribution < -0.4 is 5.32 Å². The monoisotopic (exact) mass is 270 g/mol. The third kappa shape index (κ3) is 2.61. The normalized spacial score (nSPS) is 12.5. The van der Waals surface area contributed by atoms with Crippen LogP contribution in [0.15, 0.2) is 48.9 Å². The second-order valence-electron chi connectivity index (χ2n) is 4.81. The zero-order valence-electron chi connectivity index (χ0n) is 11.1. The maximum absolute atomic E-state index is 12.9. The van der Waals surface area contributed by atoms with Gasteiger partial charge in [-0.25, -0.2) is 13.9 Å². The lowest BCUT2D eigenvalue weighted by atomic mass is 10.1. The van der Waals surface area contributed by atoms with Gasteiger partial charge < -0.3 is 5.32 Å². The molecule has 2 aromatic heterocycles. The van der Waals surface area contributed by atoms with Crippen molar-refractivity contribution in [2.75, 3.05) is 5.32 Å². The van der Waals surface area contributed by atoms with E-state index in [-0.39, 0.29) is 11.9 Å². The van der Waals surface area contributed by atoms with E-state index in [1.807, 2.05) is 12.3 Å². The van der Waals surface area contributed by atoms with Crippen LogP contribution in [0.2, 0.25) is 0 Å². The molecule has 0 spiro atoms. The molecule has 0 fully saturated rings. The Kier molecular flexibility index (Phi) is 3.33. The molecule has 0 aliphatic heterocycles. The second kappa shape index (κ2) is 5.28. The minimum absolute atomic E-state index is 0.189. The molecule has 1 unspecified atom stereocenters. The molecule has 102 valence electrons. The first kappa shape index (κ1) is 12.6. The van der Waals surface area contributed by atoms with Crippen molar-refractivity contribution in [2.24, 2.45) is 0 Å². The van der Waals surface area contributed by atoms with Crippen molar-refractivity contribution < 1.29 is 4.39 Å². The summed E-state index contributed by atoms with van der Waals surface area (Å²) in [5.41, 5.74) is 2.03. The van der Waals surface area contributed by atoms with Crippen molar-refractivity contribution in [3.63, 3.8) is 0 Å². The number of nitrogens with zero attached hydrogens (tertiary/aromatic N) is 3. The van der Waals surface area contributed by atoms with E-state index in [0.29, 0.717) is 0 Å². The molecular weight excluding hydrogens is 255 g/mol.